The number of rotatable bonds is 5. The van der Waals surface area contributed by atoms with Crippen molar-refractivity contribution in [3.63, 3.8) is 0 Å². The summed E-state index contributed by atoms with van der Waals surface area (Å²) >= 11 is 2.27. The molecule has 3 N–H and O–H groups in total. The fourth-order valence-electron chi connectivity index (χ4n) is 1.11. The van der Waals surface area contributed by atoms with Gasteiger partial charge in [0.2, 0.25) is 0 Å². The van der Waals surface area contributed by atoms with Gasteiger partial charge in [-0.05, 0) is 47.2 Å². The van der Waals surface area contributed by atoms with E-state index in [9.17, 15) is 0 Å². The number of nitrogens with two attached hydrogens (primary N) is 1. The highest BCUT2D eigenvalue weighted by molar-refractivity contribution is 14.1. The van der Waals surface area contributed by atoms with Crippen LogP contribution in [0.5, 0.6) is 0 Å². The van der Waals surface area contributed by atoms with Crippen LogP contribution in [-0.2, 0) is 4.74 Å². The second-order valence-electron chi connectivity index (χ2n) is 3.01. The van der Waals surface area contributed by atoms with E-state index in [-0.39, 0.29) is 0 Å². The lowest BCUT2D eigenvalue weighted by atomic mass is 10.3. The summed E-state index contributed by atoms with van der Waals surface area (Å²) < 4.78 is 6.12. The first kappa shape index (κ1) is 11.6. The lowest BCUT2D eigenvalue weighted by Crippen LogP contribution is -2.05. The molecule has 0 unspecified atom stereocenters. The van der Waals surface area contributed by atoms with Crippen molar-refractivity contribution in [2.45, 2.75) is 6.42 Å². The van der Waals surface area contributed by atoms with E-state index in [1.54, 1.807) is 7.11 Å². The van der Waals surface area contributed by atoms with E-state index in [0.717, 1.165) is 34.5 Å². The van der Waals surface area contributed by atoms with Gasteiger partial charge in [-0.15, -0.1) is 0 Å². The molecule has 0 saturated carbocycles. The molecular formula is C10H15IN2O. The first-order valence-electron chi connectivity index (χ1n) is 4.52. The standard InChI is InChI=1S/C10H15IN2O/c1-14-6-2-5-13-10-4-3-8(12)7-9(10)11/h3-4,7,13H,2,5-6,12H2,1H3. The molecule has 4 heteroatoms. The molecule has 0 saturated heterocycles. The summed E-state index contributed by atoms with van der Waals surface area (Å²) in [6.45, 7) is 1.71. The van der Waals surface area contributed by atoms with Crippen LogP contribution < -0.4 is 11.1 Å². The van der Waals surface area contributed by atoms with Crippen molar-refractivity contribution in [3.05, 3.63) is 21.8 Å². The van der Waals surface area contributed by atoms with Crippen molar-refractivity contribution in [2.24, 2.45) is 0 Å². The summed E-state index contributed by atoms with van der Waals surface area (Å²) in [7, 11) is 1.72. The van der Waals surface area contributed by atoms with Crippen LogP contribution in [0.3, 0.4) is 0 Å². The number of hydrogen-bond acceptors (Lipinski definition) is 3. The molecule has 78 valence electrons. The van der Waals surface area contributed by atoms with Crippen LogP contribution in [0.4, 0.5) is 11.4 Å². The largest absolute Gasteiger partial charge is 0.399 e. The molecule has 0 aliphatic rings. The van der Waals surface area contributed by atoms with Gasteiger partial charge in [-0.1, -0.05) is 0 Å². The molecule has 0 bridgehead atoms. The molecule has 14 heavy (non-hydrogen) atoms. The highest BCUT2D eigenvalue weighted by atomic mass is 127. The molecule has 0 amide bonds. The number of nitrogen functional groups attached to an aromatic ring is 1. The molecule has 1 rings (SSSR count). The number of methoxy groups -OCH3 is 1. The third kappa shape index (κ3) is 3.71. The van der Waals surface area contributed by atoms with Gasteiger partial charge in [0, 0.05) is 35.2 Å². The van der Waals surface area contributed by atoms with Crippen molar-refractivity contribution < 1.29 is 4.74 Å². The summed E-state index contributed by atoms with van der Waals surface area (Å²) in [4.78, 5) is 0. The highest BCUT2D eigenvalue weighted by Gasteiger charge is 1.98. The molecule has 0 atom stereocenters. The third-order valence-corrected chi connectivity index (χ3v) is 2.73. The average Bonchev–Trinajstić information content (AvgIpc) is 2.15. The van der Waals surface area contributed by atoms with E-state index in [2.05, 4.69) is 27.9 Å². The minimum atomic E-state index is 0.790. The first-order valence-corrected chi connectivity index (χ1v) is 5.59. The van der Waals surface area contributed by atoms with Crippen molar-refractivity contribution in [2.75, 3.05) is 31.3 Å². The van der Waals surface area contributed by atoms with E-state index < -0.39 is 0 Å². The number of hydrogen-bond donors (Lipinski definition) is 2. The Balaban J connectivity index is 2.42. The lowest BCUT2D eigenvalue weighted by molar-refractivity contribution is 0.198. The fourth-order valence-corrected chi connectivity index (χ4v) is 1.84. The number of halogens is 1. The molecule has 1 aromatic rings. The Hall–Kier alpha value is -0.490. The molecule has 3 nitrogen and oxygen atoms in total. The predicted octanol–water partition coefficient (Wildman–Crippen LogP) is 2.32. The van der Waals surface area contributed by atoms with E-state index in [1.165, 1.54) is 0 Å². The fraction of sp³-hybridized carbons (Fsp3) is 0.400. The van der Waals surface area contributed by atoms with Gasteiger partial charge in [0.15, 0.2) is 0 Å². The molecule has 0 radical (unpaired) electrons. The summed E-state index contributed by atoms with van der Waals surface area (Å²) in [6.07, 6.45) is 1.01. The van der Waals surface area contributed by atoms with Crippen LogP contribution in [0, 0.1) is 3.57 Å². The molecule has 0 aromatic heterocycles. The summed E-state index contributed by atoms with van der Waals surface area (Å²) in [5.74, 6) is 0. The Morgan fingerprint density at radius 1 is 1.50 bits per heavy atom. The molecule has 0 fully saturated rings. The Kier molecular flexibility index (Phi) is 5.03. The minimum Gasteiger partial charge on any atom is -0.399 e. The lowest BCUT2D eigenvalue weighted by Gasteiger charge is -2.08. The number of ether oxygens (including phenoxy) is 1. The van der Waals surface area contributed by atoms with Crippen molar-refractivity contribution in [1.82, 2.24) is 0 Å². The van der Waals surface area contributed by atoms with Gasteiger partial charge in [0.05, 0.1) is 0 Å². The van der Waals surface area contributed by atoms with E-state index in [0.29, 0.717) is 0 Å². The minimum absolute atomic E-state index is 0.790. The maximum absolute atomic E-state index is 5.65. The van der Waals surface area contributed by atoms with Gasteiger partial charge < -0.3 is 15.8 Å². The van der Waals surface area contributed by atoms with Gasteiger partial charge in [0.25, 0.3) is 0 Å². The second kappa shape index (κ2) is 6.08. The summed E-state index contributed by atoms with van der Waals surface area (Å²) in [6, 6.07) is 5.87. The van der Waals surface area contributed by atoms with Gasteiger partial charge in [-0.2, -0.15) is 0 Å². The molecule has 0 heterocycles. The maximum atomic E-state index is 5.65. The number of anilines is 2. The first-order chi connectivity index (χ1) is 6.74. The zero-order valence-corrected chi connectivity index (χ0v) is 10.4. The maximum Gasteiger partial charge on any atom is 0.0479 e. The molecule has 0 spiro atoms. The number of benzene rings is 1. The third-order valence-electron chi connectivity index (χ3n) is 1.83. The Labute approximate surface area is 98.2 Å². The van der Waals surface area contributed by atoms with Crippen molar-refractivity contribution in [3.8, 4) is 0 Å². The van der Waals surface area contributed by atoms with Crippen LogP contribution in [-0.4, -0.2) is 20.3 Å². The topological polar surface area (TPSA) is 47.3 Å². The highest BCUT2D eigenvalue weighted by Crippen LogP contribution is 2.20. The van der Waals surface area contributed by atoms with Crippen LogP contribution in [0.15, 0.2) is 18.2 Å². The van der Waals surface area contributed by atoms with Crippen LogP contribution in [0.1, 0.15) is 6.42 Å². The zero-order valence-electron chi connectivity index (χ0n) is 8.22. The normalized spacial score (nSPS) is 10.1. The van der Waals surface area contributed by atoms with Gasteiger partial charge in [-0.3, -0.25) is 0 Å². The summed E-state index contributed by atoms with van der Waals surface area (Å²) in [5.41, 5.74) is 7.59. The second-order valence-corrected chi connectivity index (χ2v) is 4.17. The Bertz CT molecular complexity index is 291. The van der Waals surface area contributed by atoms with Crippen LogP contribution in [0.2, 0.25) is 0 Å². The Morgan fingerprint density at radius 3 is 2.93 bits per heavy atom. The van der Waals surface area contributed by atoms with Crippen molar-refractivity contribution in [1.29, 1.82) is 0 Å². The van der Waals surface area contributed by atoms with Crippen molar-refractivity contribution >= 4 is 34.0 Å². The van der Waals surface area contributed by atoms with E-state index in [4.69, 9.17) is 10.5 Å². The SMILES string of the molecule is COCCCNc1ccc(N)cc1I. The van der Waals surface area contributed by atoms with E-state index in [1.807, 2.05) is 18.2 Å². The monoisotopic (exact) mass is 306 g/mol. The molecule has 0 aliphatic carbocycles. The number of nitrogens with one attached hydrogen (secondary N) is 1. The molecule has 0 aliphatic heterocycles. The van der Waals surface area contributed by atoms with Crippen LogP contribution >= 0.6 is 22.6 Å². The quantitative estimate of drug-likeness (QED) is 0.498. The molecular weight excluding hydrogens is 291 g/mol. The van der Waals surface area contributed by atoms with Gasteiger partial charge >= 0.3 is 0 Å². The predicted molar refractivity (Wildman–Crippen MR) is 68.6 cm³/mol. The van der Waals surface area contributed by atoms with Gasteiger partial charge in [-0.25, -0.2) is 0 Å². The van der Waals surface area contributed by atoms with Crippen LogP contribution in [0.25, 0.3) is 0 Å². The van der Waals surface area contributed by atoms with E-state index >= 15 is 0 Å². The zero-order chi connectivity index (χ0) is 10.4. The average molecular weight is 306 g/mol. The molecule has 1 aromatic carbocycles. The smallest absolute Gasteiger partial charge is 0.0479 e. The Morgan fingerprint density at radius 2 is 2.29 bits per heavy atom. The van der Waals surface area contributed by atoms with Gasteiger partial charge in [0.1, 0.15) is 0 Å². The summed E-state index contributed by atoms with van der Waals surface area (Å²) in [5, 5.41) is 3.33.